The number of fused-ring (bicyclic) bond motifs is 4. The van der Waals surface area contributed by atoms with Crippen molar-refractivity contribution in [2.45, 2.75) is 107 Å². The van der Waals surface area contributed by atoms with Crippen LogP contribution in [0, 0.1) is 34.2 Å². The minimum Gasteiger partial charge on any atom is -0.491 e. The summed E-state index contributed by atoms with van der Waals surface area (Å²) in [4.78, 5) is 43.5. The van der Waals surface area contributed by atoms with Crippen molar-refractivity contribution >= 4 is 72.7 Å². The van der Waals surface area contributed by atoms with Crippen molar-refractivity contribution in [3.05, 3.63) is 123 Å². The van der Waals surface area contributed by atoms with Gasteiger partial charge in [-0.3, -0.25) is 19.8 Å². The lowest BCUT2D eigenvalue weighted by atomic mass is 9.59. The Hall–Kier alpha value is -6.91. The van der Waals surface area contributed by atoms with Crippen LogP contribution in [0.3, 0.4) is 0 Å². The van der Waals surface area contributed by atoms with E-state index in [0.717, 1.165) is 92.2 Å². The number of para-hydroxylation sites is 1. The maximum atomic E-state index is 15.7. The number of sulfonamides is 1. The van der Waals surface area contributed by atoms with Crippen LogP contribution in [0.15, 0.2) is 90.0 Å². The summed E-state index contributed by atoms with van der Waals surface area (Å²) in [5, 5.41) is 17.1. The Morgan fingerprint density at radius 2 is 1.73 bits per heavy atom. The maximum Gasteiger partial charge on any atom is 0.297 e. The van der Waals surface area contributed by atoms with E-state index in [1.165, 1.54) is 6.07 Å². The summed E-state index contributed by atoms with van der Waals surface area (Å²) in [6.45, 7) is 11.3. The zero-order valence-corrected chi connectivity index (χ0v) is 47.6. The number of rotatable bonds is 12. The molecule has 1 spiro atoms. The number of piperidine rings is 1. The number of anilines is 5. The van der Waals surface area contributed by atoms with Gasteiger partial charge in [0.15, 0.2) is 11.4 Å². The topological polar surface area (TPSA) is 206 Å². The number of H-pyrrole nitrogens is 1. The molecule has 1 aliphatic carbocycles. The summed E-state index contributed by atoms with van der Waals surface area (Å²) < 4.78 is 77.4. The van der Waals surface area contributed by atoms with Crippen LogP contribution in [0.4, 0.5) is 38.5 Å². The highest BCUT2D eigenvalue weighted by atomic mass is 35.5. The fourth-order valence-corrected chi connectivity index (χ4v) is 15.2. The molecular weight excluding hydrogens is 1090 g/mol. The fraction of sp³-hybridized carbons (Fsp3) is 0.467. The molecule has 82 heavy (non-hydrogen) atoms. The molecule has 13 rings (SSSR count). The molecule has 4 atom stereocenters. The number of benzene rings is 4. The second-order valence-corrected chi connectivity index (χ2v) is 25.5. The SMILES string of the molecule is Cc1cc(F)c(N2CCN(C3CC4(CCN(c5ccc(C(=O)NS(=O)(=O)c6cc7c(c([N+](=O)[O-])c6)N[C@H](C6CCOCC6)CO7)c(N6c7cc8cc[nH]c8nc7O[C@H]7COCC[C@@H]76)c5)CC4)C3)[C@H](c3ccccc3OC(C)C)C2)c(Cl)c1. The zero-order chi connectivity index (χ0) is 56.6. The summed E-state index contributed by atoms with van der Waals surface area (Å²) in [7, 11) is -4.73. The molecule has 0 radical (unpaired) electrons. The number of amides is 1. The van der Waals surface area contributed by atoms with Gasteiger partial charge in [-0.1, -0.05) is 29.8 Å². The van der Waals surface area contributed by atoms with E-state index < -0.39 is 37.5 Å². The van der Waals surface area contributed by atoms with Gasteiger partial charge in [0.1, 0.15) is 35.6 Å². The smallest absolute Gasteiger partial charge is 0.297 e. The zero-order valence-electron chi connectivity index (χ0n) is 46.1. The summed E-state index contributed by atoms with van der Waals surface area (Å²) >= 11 is 6.78. The highest BCUT2D eigenvalue weighted by molar-refractivity contribution is 7.90. The Balaban J connectivity index is 0.783. The summed E-state index contributed by atoms with van der Waals surface area (Å²) in [5.74, 6) is 0.0860. The van der Waals surface area contributed by atoms with Gasteiger partial charge in [0.25, 0.3) is 21.6 Å². The lowest BCUT2D eigenvalue weighted by Gasteiger charge is -2.58. The number of pyridine rings is 1. The Morgan fingerprint density at radius 1 is 0.939 bits per heavy atom. The quantitative estimate of drug-likeness (QED) is 0.0770. The van der Waals surface area contributed by atoms with E-state index in [0.29, 0.717) is 79.0 Å². The van der Waals surface area contributed by atoms with E-state index in [9.17, 15) is 23.3 Å². The highest BCUT2D eigenvalue weighted by Crippen LogP contribution is 2.55. The van der Waals surface area contributed by atoms with Crippen LogP contribution in [0.1, 0.15) is 86.3 Å². The molecule has 4 aromatic carbocycles. The van der Waals surface area contributed by atoms with Gasteiger partial charge in [0.05, 0.1) is 62.6 Å². The third kappa shape index (κ3) is 10.2. The summed E-state index contributed by atoms with van der Waals surface area (Å²) in [5.41, 5.74) is 4.62. The van der Waals surface area contributed by atoms with Crippen LogP contribution in [-0.4, -0.2) is 130 Å². The fourth-order valence-electron chi connectivity index (χ4n) is 13.9. The predicted octanol–water partition coefficient (Wildman–Crippen LogP) is 10.1. The number of carbonyl (C=O) groups is 1. The van der Waals surface area contributed by atoms with Gasteiger partial charge in [0, 0.05) is 93.6 Å². The number of nitro groups is 1. The number of piperazine rings is 1. The van der Waals surface area contributed by atoms with Crippen molar-refractivity contribution in [3.63, 3.8) is 0 Å². The Kier molecular flexibility index (Phi) is 14.4. The number of halogens is 2. The number of aromatic amines is 1. The minimum absolute atomic E-state index is 0.0117. The number of aryl methyl sites for hydroxylation is 1. The van der Waals surface area contributed by atoms with E-state index in [4.69, 9.17) is 40.3 Å². The third-order valence-electron chi connectivity index (χ3n) is 18.0. The van der Waals surface area contributed by atoms with E-state index in [2.05, 4.69) is 40.7 Å². The maximum absolute atomic E-state index is 15.7. The van der Waals surface area contributed by atoms with Gasteiger partial charge in [0.2, 0.25) is 5.88 Å². The van der Waals surface area contributed by atoms with Gasteiger partial charge in [-0.2, -0.15) is 4.98 Å². The largest absolute Gasteiger partial charge is 0.491 e. The van der Waals surface area contributed by atoms with E-state index >= 15 is 4.39 Å². The Bertz CT molecular complexity index is 3540. The molecule has 1 saturated carbocycles. The van der Waals surface area contributed by atoms with Crippen molar-refractivity contribution < 1.29 is 46.2 Å². The molecule has 4 saturated heterocycles. The van der Waals surface area contributed by atoms with Crippen LogP contribution >= 0.6 is 11.6 Å². The van der Waals surface area contributed by atoms with Crippen LogP contribution in [0.25, 0.3) is 11.0 Å². The molecule has 0 unspecified atom stereocenters. The molecule has 8 heterocycles. The Morgan fingerprint density at radius 3 is 2.51 bits per heavy atom. The second-order valence-electron chi connectivity index (χ2n) is 23.4. The van der Waals surface area contributed by atoms with Crippen molar-refractivity contribution in [2.24, 2.45) is 11.3 Å². The lowest BCUT2D eigenvalue weighted by molar-refractivity contribution is -0.384. The van der Waals surface area contributed by atoms with Gasteiger partial charge >= 0.3 is 0 Å². The van der Waals surface area contributed by atoms with Gasteiger partial charge in [-0.05, 0) is 131 Å². The van der Waals surface area contributed by atoms with Crippen molar-refractivity contribution in [2.75, 3.05) is 85.8 Å². The normalized spacial score (nSPS) is 23.0. The molecule has 22 heteroatoms. The predicted molar refractivity (Wildman–Crippen MR) is 309 cm³/mol. The average Bonchev–Trinajstić information content (AvgIpc) is 3.08. The molecule has 3 N–H and O–H groups in total. The van der Waals surface area contributed by atoms with Gasteiger partial charge < -0.3 is 48.7 Å². The summed E-state index contributed by atoms with van der Waals surface area (Å²) in [6, 6.07) is 22.8. The van der Waals surface area contributed by atoms with E-state index in [-0.39, 0.29) is 71.6 Å². The van der Waals surface area contributed by atoms with Crippen LogP contribution in [0.5, 0.6) is 17.4 Å². The minimum atomic E-state index is -4.73. The molecule has 432 valence electrons. The average molecular weight is 1160 g/mol. The summed E-state index contributed by atoms with van der Waals surface area (Å²) in [6.07, 6.45) is 7.22. The number of hydrogen-bond donors (Lipinski definition) is 3. The molecule has 7 aliphatic rings. The first-order chi connectivity index (χ1) is 39.6. The molecule has 5 fully saturated rings. The Labute approximate surface area is 480 Å². The first-order valence-corrected chi connectivity index (χ1v) is 30.4. The number of carbonyl (C=O) groups excluding carboxylic acids is 1. The van der Waals surface area contributed by atoms with Crippen molar-refractivity contribution in [3.8, 4) is 17.4 Å². The molecule has 1 amide bonds. The lowest BCUT2D eigenvalue weighted by Crippen LogP contribution is -2.60. The standard InChI is InChI=1S/C60H67ClFN9O10S/c1-35(2)80-52-7-5-4-6-42(52)51-32-68(56-44(61)24-36(3)25-45(56)62)19-20-69(51)40-30-60(31-40)14-17-67(18-15-60)39-8-9-43(48(27-39)70-47-13-23-78-34-54(47)81-59-50(70)26-38-10-16-63-57(38)65-59)58(72)66-82(75,76)41-28-49(71(73)74)55-53(29-41)79-33-46(64-55)37-11-21-77-22-12-37/h4-10,16,24-29,35,37,40,46-47,51,54,64H,11-15,17-23,30-34H2,1-3H3,(H,63,65)(H,66,72)/t46-,47-,51-,54-/m0/s1. The third-order valence-corrected chi connectivity index (χ3v) is 19.6. The number of ether oxygens (including phenoxy) is 5. The van der Waals surface area contributed by atoms with E-state index in [1.54, 1.807) is 18.3 Å². The molecular formula is C60H67ClFN9O10S. The number of nitrogens with zero attached hydrogens (tertiary/aromatic N) is 6. The molecule has 6 aliphatic heterocycles. The number of nitro benzene ring substituents is 1. The van der Waals surface area contributed by atoms with Crippen LogP contribution in [0.2, 0.25) is 5.02 Å². The van der Waals surface area contributed by atoms with Crippen LogP contribution < -0.4 is 38.9 Å². The molecule has 2 aromatic heterocycles. The highest BCUT2D eigenvalue weighted by Gasteiger charge is 2.51. The molecule has 0 bridgehead atoms. The number of nitrogens with one attached hydrogen (secondary N) is 3. The first-order valence-electron chi connectivity index (χ1n) is 28.6. The number of aromatic nitrogens is 2. The van der Waals surface area contributed by atoms with E-state index in [1.807, 2.05) is 69.3 Å². The van der Waals surface area contributed by atoms with Gasteiger partial charge in [-0.15, -0.1) is 0 Å². The van der Waals surface area contributed by atoms with Gasteiger partial charge in [-0.25, -0.2) is 17.5 Å². The van der Waals surface area contributed by atoms with Crippen molar-refractivity contribution in [1.29, 1.82) is 0 Å². The second kappa shape index (κ2) is 21.7. The molecule has 19 nitrogen and oxygen atoms in total. The van der Waals surface area contributed by atoms with Crippen LogP contribution in [-0.2, 0) is 19.5 Å². The monoisotopic (exact) mass is 1160 g/mol. The van der Waals surface area contributed by atoms with Crippen molar-refractivity contribution in [1.82, 2.24) is 19.6 Å². The first kappa shape index (κ1) is 54.3. The number of hydrogen-bond acceptors (Lipinski definition) is 16. The molecule has 6 aromatic rings.